The molecule has 0 aromatic rings. The molecular formula is C13H16O3. The Kier molecular flexibility index (Phi) is 7.41. The van der Waals surface area contributed by atoms with Crippen LogP contribution in [-0.4, -0.2) is 18.9 Å². The Hall–Kier alpha value is -1.90. The number of rotatable bonds is 6. The largest absolute Gasteiger partial charge is 0.458 e. The van der Waals surface area contributed by atoms with E-state index in [0.717, 1.165) is 5.57 Å². The van der Waals surface area contributed by atoms with Gasteiger partial charge in [-0.2, -0.15) is 0 Å². The second-order valence-corrected chi connectivity index (χ2v) is 3.14. The second kappa shape index (κ2) is 8.41. The summed E-state index contributed by atoms with van der Waals surface area (Å²) in [4.78, 5) is 21.4. The molecule has 0 heterocycles. The van der Waals surface area contributed by atoms with Crippen LogP contribution >= 0.6 is 0 Å². The first-order chi connectivity index (χ1) is 7.61. The predicted octanol–water partition coefficient (Wildman–Crippen LogP) is 2.36. The lowest BCUT2D eigenvalue weighted by Crippen LogP contribution is -2.05. The number of esters is 1. The minimum atomic E-state index is -0.374. The summed E-state index contributed by atoms with van der Waals surface area (Å²) in [7, 11) is 0. The fourth-order valence-electron chi connectivity index (χ4n) is 0.824. The molecule has 0 saturated heterocycles. The van der Waals surface area contributed by atoms with Gasteiger partial charge in [-0.3, -0.25) is 4.79 Å². The lowest BCUT2D eigenvalue weighted by Gasteiger charge is -1.99. The average molecular weight is 220 g/mol. The molecule has 0 N–H and O–H groups in total. The van der Waals surface area contributed by atoms with Gasteiger partial charge >= 0.3 is 5.97 Å². The Bertz CT molecular complexity index is 346. The van der Waals surface area contributed by atoms with Crippen molar-refractivity contribution in [2.45, 2.75) is 13.8 Å². The first kappa shape index (κ1) is 14.1. The highest BCUT2D eigenvalue weighted by Gasteiger charge is 2.01. The number of hydrogen-bond donors (Lipinski definition) is 0. The molecule has 0 saturated carbocycles. The standard InChI is InChI=1S/C13H16O3/c1-4-10-16-13(15)12(3)7-5-6-11(2)8-9-14/h4-9H,1,10H2,2-3H3. The van der Waals surface area contributed by atoms with Crippen molar-refractivity contribution in [3.63, 3.8) is 0 Å². The third-order valence-electron chi connectivity index (χ3n) is 1.69. The van der Waals surface area contributed by atoms with Gasteiger partial charge in [-0.1, -0.05) is 30.9 Å². The van der Waals surface area contributed by atoms with Gasteiger partial charge in [-0.05, 0) is 25.5 Å². The molecule has 0 rings (SSSR count). The van der Waals surface area contributed by atoms with Crippen LogP contribution in [0, 0.1) is 0 Å². The quantitative estimate of drug-likeness (QED) is 0.227. The lowest BCUT2D eigenvalue weighted by atomic mass is 10.2. The summed E-state index contributed by atoms with van der Waals surface area (Å²) < 4.78 is 4.83. The molecule has 0 aliphatic heterocycles. The van der Waals surface area contributed by atoms with Gasteiger partial charge in [0.05, 0.1) is 0 Å². The second-order valence-electron chi connectivity index (χ2n) is 3.14. The van der Waals surface area contributed by atoms with Gasteiger partial charge in [0.1, 0.15) is 12.9 Å². The molecule has 0 aromatic carbocycles. The van der Waals surface area contributed by atoms with Crippen molar-refractivity contribution in [3.8, 4) is 0 Å². The predicted molar refractivity (Wildman–Crippen MR) is 63.9 cm³/mol. The summed E-state index contributed by atoms with van der Waals surface area (Å²) in [6, 6.07) is 0. The molecule has 0 fully saturated rings. The van der Waals surface area contributed by atoms with Crippen LogP contribution in [0.15, 0.2) is 48.1 Å². The zero-order valence-electron chi connectivity index (χ0n) is 9.60. The number of aldehydes is 1. The van der Waals surface area contributed by atoms with E-state index in [9.17, 15) is 9.59 Å². The van der Waals surface area contributed by atoms with Crippen LogP contribution in [0.1, 0.15) is 13.8 Å². The van der Waals surface area contributed by atoms with Gasteiger partial charge in [0.25, 0.3) is 0 Å². The molecular weight excluding hydrogens is 204 g/mol. The Morgan fingerprint density at radius 1 is 1.31 bits per heavy atom. The maximum Gasteiger partial charge on any atom is 0.334 e. The maximum atomic E-state index is 11.3. The highest BCUT2D eigenvalue weighted by molar-refractivity contribution is 5.88. The van der Waals surface area contributed by atoms with E-state index < -0.39 is 0 Å². The van der Waals surface area contributed by atoms with Crippen LogP contribution in [0.4, 0.5) is 0 Å². The van der Waals surface area contributed by atoms with Crippen molar-refractivity contribution >= 4 is 12.3 Å². The molecule has 16 heavy (non-hydrogen) atoms. The van der Waals surface area contributed by atoms with Crippen LogP contribution in [0.2, 0.25) is 0 Å². The molecule has 3 nitrogen and oxygen atoms in total. The molecule has 0 unspecified atom stereocenters. The molecule has 0 spiro atoms. The highest BCUT2D eigenvalue weighted by atomic mass is 16.5. The van der Waals surface area contributed by atoms with Gasteiger partial charge in [-0.15, -0.1) is 0 Å². The fourth-order valence-corrected chi connectivity index (χ4v) is 0.824. The minimum absolute atomic E-state index is 0.206. The summed E-state index contributed by atoms with van der Waals surface area (Å²) in [5, 5.41) is 0. The van der Waals surface area contributed by atoms with Crippen molar-refractivity contribution in [3.05, 3.63) is 48.1 Å². The third kappa shape index (κ3) is 6.54. The Balaban J connectivity index is 4.32. The first-order valence-electron chi connectivity index (χ1n) is 4.87. The van der Waals surface area contributed by atoms with E-state index in [1.165, 1.54) is 12.2 Å². The average Bonchev–Trinajstić information content (AvgIpc) is 2.26. The summed E-state index contributed by atoms with van der Waals surface area (Å²) in [6.07, 6.45) is 8.73. The summed E-state index contributed by atoms with van der Waals surface area (Å²) in [5.41, 5.74) is 1.32. The van der Waals surface area contributed by atoms with E-state index in [0.29, 0.717) is 11.9 Å². The van der Waals surface area contributed by atoms with E-state index in [4.69, 9.17) is 4.74 Å². The topological polar surface area (TPSA) is 43.4 Å². The Morgan fingerprint density at radius 3 is 2.56 bits per heavy atom. The molecule has 0 atom stereocenters. The van der Waals surface area contributed by atoms with E-state index >= 15 is 0 Å². The zero-order valence-corrected chi connectivity index (χ0v) is 9.60. The first-order valence-corrected chi connectivity index (χ1v) is 4.87. The van der Waals surface area contributed by atoms with Crippen LogP contribution in [-0.2, 0) is 14.3 Å². The summed E-state index contributed by atoms with van der Waals surface area (Å²) in [5.74, 6) is -0.374. The Morgan fingerprint density at radius 2 is 2.00 bits per heavy atom. The number of allylic oxidation sites excluding steroid dienone is 5. The monoisotopic (exact) mass is 220 g/mol. The van der Waals surface area contributed by atoms with Crippen molar-refractivity contribution in [2.24, 2.45) is 0 Å². The smallest absolute Gasteiger partial charge is 0.334 e. The molecule has 0 amide bonds. The molecule has 0 aliphatic carbocycles. The minimum Gasteiger partial charge on any atom is -0.458 e. The number of ether oxygens (including phenoxy) is 1. The number of carbonyl (C=O) groups is 2. The zero-order chi connectivity index (χ0) is 12.4. The molecule has 86 valence electrons. The van der Waals surface area contributed by atoms with Gasteiger partial charge in [0.2, 0.25) is 0 Å². The highest BCUT2D eigenvalue weighted by Crippen LogP contribution is 1.99. The van der Waals surface area contributed by atoms with E-state index in [-0.39, 0.29) is 12.6 Å². The summed E-state index contributed by atoms with van der Waals surface area (Å²) >= 11 is 0. The molecule has 0 aromatic heterocycles. The van der Waals surface area contributed by atoms with E-state index in [1.54, 1.807) is 32.1 Å². The lowest BCUT2D eigenvalue weighted by molar-refractivity contribution is -0.137. The van der Waals surface area contributed by atoms with Crippen molar-refractivity contribution in [1.29, 1.82) is 0 Å². The van der Waals surface area contributed by atoms with Crippen LogP contribution in [0.5, 0.6) is 0 Å². The van der Waals surface area contributed by atoms with E-state index in [1.807, 2.05) is 0 Å². The SMILES string of the molecule is C=CCOC(=O)C(C)=CC=CC(C)=CC=O. The number of hydrogen-bond acceptors (Lipinski definition) is 3. The fraction of sp³-hybridized carbons (Fsp3) is 0.231. The molecule has 0 bridgehead atoms. The van der Waals surface area contributed by atoms with Crippen LogP contribution in [0.3, 0.4) is 0 Å². The summed E-state index contributed by atoms with van der Waals surface area (Å²) in [6.45, 7) is 7.11. The molecule has 3 heteroatoms. The van der Waals surface area contributed by atoms with Crippen molar-refractivity contribution in [2.75, 3.05) is 6.61 Å². The van der Waals surface area contributed by atoms with Crippen molar-refractivity contribution < 1.29 is 14.3 Å². The van der Waals surface area contributed by atoms with Gasteiger partial charge in [-0.25, -0.2) is 4.79 Å². The van der Waals surface area contributed by atoms with E-state index in [2.05, 4.69) is 6.58 Å². The maximum absolute atomic E-state index is 11.3. The van der Waals surface area contributed by atoms with Crippen LogP contribution < -0.4 is 0 Å². The van der Waals surface area contributed by atoms with Crippen LogP contribution in [0.25, 0.3) is 0 Å². The van der Waals surface area contributed by atoms with Gasteiger partial charge in [0, 0.05) is 5.57 Å². The third-order valence-corrected chi connectivity index (χ3v) is 1.69. The normalized spacial score (nSPS) is 12.6. The Labute approximate surface area is 95.8 Å². The van der Waals surface area contributed by atoms with Crippen molar-refractivity contribution in [1.82, 2.24) is 0 Å². The molecule has 0 radical (unpaired) electrons. The van der Waals surface area contributed by atoms with Gasteiger partial charge < -0.3 is 4.74 Å². The van der Waals surface area contributed by atoms with Gasteiger partial charge in [0.15, 0.2) is 0 Å². The molecule has 0 aliphatic rings. The number of carbonyl (C=O) groups excluding carboxylic acids is 2.